The average Bonchev–Trinajstić information content (AvgIpc) is 2.53. The molecule has 0 bridgehead atoms. The van der Waals surface area contributed by atoms with Gasteiger partial charge in [0.1, 0.15) is 18.5 Å². The van der Waals surface area contributed by atoms with Crippen LogP contribution in [0.15, 0.2) is 48.5 Å². The van der Waals surface area contributed by atoms with Crippen molar-refractivity contribution in [3.63, 3.8) is 0 Å². The Morgan fingerprint density at radius 1 is 1.15 bits per heavy atom. The lowest BCUT2D eigenvalue weighted by atomic mass is 10.2. The predicted molar refractivity (Wildman–Crippen MR) is 107 cm³/mol. The molecule has 1 unspecified atom stereocenters. The fourth-order valence-electron chi connectivity index (χ4n) is 2.24. The SMILES string of the molecule is Cc1cccc(OCC(O)CNCc2ccc(NS(C)(=O)=O)cc2)c1.Cl. The molecule has 0 amide bonds. The molecule has 0 radical (unpaired) electrons. The van der Waals surface area contributed by atoms with E-state index in [1.165, 1.54) is 0 Å². The van der Waals surface area contributed by atoms with Crippen molar-refractivity contribution in [1.29, 1.82) is 0 Å². The van der Waals surface area contributed by atoms with Crippen LogP contribution >= 0.6 is 12.4 Å². The Kier molecular flexibility index (Phi) is 8.87. The summed E-state index contributed by atoms with van der Waals surface area (Å²) in [7, 11) is -3.26. The summed E-state index contributed by atoms with van der Waals surface area (Å²) in [4.78, 5) is 0. The number of rotatable bonds is 9. The average molecular weight is 401 g/mol. The molecule has 0 spiro atoms. The van der Waals surface area contributed by atoms with Gasteiger partial charge in [-0.2, -0.15) is 0 Å². The smallest absolute Gasteiger partial charge is 0.229 e. The maximum Gasteiger partial charge on any atom is 0.229 e. The van der Waals surface area contributed by atoms with Crippen molar-refractivity contribution in [2.45, 2.75) is 19.6 Å². The summed E-state index contributed by atoms with van der Waals surface area (Å²) in [6.45, 7) is 3.17. The zero-order chi connectivity index (χ0) is 18.3. The molecule has 0 saturated heterocycles. The summed E-state index contributed by atoms with van der Waals surface area (Å²) in [5.41, 5.74) is 2.63. The van der Waals surface area contributed by atoms with Gasteiger partial charge in [-0.3, -0.25) is 4.72 Å². The first-order chi connectivity index (χ1) is 11.8. The molecule has 1 atom stereocenters. The lowest BCUT2D eigenvalue weighted by molar-refractivity contribution is 0.106. The second kappa shape index (κ2) is 10.4. The number of benzene rings is 2. The largest absolute Gasteiger partial charge is 0.491 e. The zero-order valence-corrected chi connectivity index (χ0v) is 16.4. The minimum absolute atomic E-state index is 0. The fraction of sp³-hybridized carbons (Fsp3) is 0.333. The molecule has 2 rings (SSSR count). The number of aliphatic hydroxyl groups is 1. The third-order valence-corrected chi connectivity index (χ3v) is 4.00. The third kappa shape index (κ3) is 8.53. The van der Waals surface area contributed by atoms with E-state index in [-0.39, 0.29) is 19.0 Å². The van der Waals surface area contributed by atoms with Crippen LogP contribution < -0.4 is 14.8 Å². The normalized spacial score (nSPS) is 12.1. The molecule has 0 heterocycles. The minimum atomic E-state index is -3.26. The van der Waals surface area contributed by atoms with Gasteiger partial charge in [-0.25, -0.2) is 8.42 Å². The number of aryl methyl sites for hydroxylation is 1. The number of halogens is 1. The van der Waals surface area contributed by atoms with Crippen molar-refractivity contribution in [1.82, 2.24) is 5.32 Å². The highest BCUT2D eigenvalue weighted by molar-refractivity contribution is 7.92. The number of anilines is 1. The van der Waals surface area contributed by atoms with Crippen molar-refractivity contribution in [3.05, 3.63) is 59.7 Å². The van der Waals surface area contributed by atoms with Crippen molar-refractivity contribution in [2.24, 2.45) is 0 Å². The maximum atomic E-state index is 11.2. The van der Waals surface area contributed by atoms with Gasteiger partial charge in [-0.05, 0) is 42.3 Å². The Morgan fingerprint density at radius 2 is 1.85 bits per heavy atom. The fourth-order valence-corrected chi connectivity index (χ4v) is 2.81. The summed E-state index contributed by atoms with van der Waals surface area (Å²) in [6, 6.07) is 14.8. The minimum Gasteiger partial charge on any atom is -0.491 e. The summed E-state index contributed by atoms with van der Waals surface area (Å²) in [5.74, 6) is 0.744. The van der Waals surface area contributed by atoms with E-state index < -0.39 is 16.1 Å². The molecule has 0 aliphatic heterocycles. The summed E-state index contributed by atoms with van der Waals surface area (Å²) in [6.07, 6.45) is 0.495. The highest BCUT2D eigenvalue weighted by atomic mass is 35.5. The first-order valence-corrected chi connectivity index (χ1v) is 9.86. The van der Waals surface area contributed by atoms with E-state index in [0.717, 1.165) is 23.1 Å². The number of aliphatic hydroxyl groups excluding tert-OH is 1. The molecular weight excluding hydrogens is 376 g/mol. The summed E-state index contributed by atoms with van der Waals surface area (Å²) >= 11 is 0. The van der Waals surface area contributed by atoms with Gasteiger partial charge in [0, 0.05) is 18.8 Å². The van der Waals surface area contributed by atoms with Crippen LogP contribution in [0.3, 0.4) is 0 Å². The van der Waals surface area contributed by atoms with Crippen molar-refractivity contribution < 1.29 is 18.3 Å². The van der Waals surface area contributed by atoms with Crippen LogP contribution in [0.2, 0.25) is 0 Å². The second-order valence-electron chi connectivity index (χ2n) is 5.98. The number of hydrogen-bond donors (Lipinski definition) is 3. The summed E-state index contributed by atoms with van der Waals surface area (Å²) in [5, 5.41) is 13.1. The first-order valence-electron chi connectivity index (χ1n) is 7.97. The van der Waals surface area contributed by atoms with Crippen LogP contribution in [0.5, 0.6) is 5.75 Å². The molecule has 0 fully saturated rings. The van der Waals surface area contributed by atoms with E-state index in [1.807, 2.05) is 43.3 Å². The molecule has 8 heteroatoms. The molecule has 0 aromatic heterocycles. The Hall–Kier alpha value is -1.80. The number of hydrogen-bond acceptors (Lipinski definition) is 5. The van der Waals surface area contributed by atoms with Crippen LogP contribution in [0, 0.1) is 6.92 Å². The maximum absolute atomic E-state index is 11.2. The third-order valence-electron chi connectivity index (χ3n) is 3.40. The van der Waals surface area contributed by atoms with E-state index in [4.69, 9.17) is 4.74 Å². The van der Waals surface area contributed by atoms with Crippen LogP contribution in [0.4, 0.5) is 5.69 Å². The van der Waals surface area contributed by atoms with Gasteiger partial charge in [0.15, 0.2) is 0 Å². The van der Waals surface area contributed by atoms with Crippen molar-refractivity contribution in [2.75, 3.05) is 24.1 Å². The number of nitrogens with one attached hydrogen (secondary N) is 2. The molecule has 0 aliphatic carbocycles. The van der Waals surface area contributed by atoms with Crippen LogP contribution in [0.25, 0.3) is 0 Å². The zero-order valence-electron chi connectivity index (χ0n) is 14.8. The summed E-state index contributed by atoms with van der Waals surface area (Å²) < 4.78 is 30.3. The molecule has 0 aliphatic rings. The molecular formula is C18H25ClN2O4S. The Balaban J connectivity index is 0.00000338. The van der Waals surface area contributed by atoms with E-state index in [1.54, 1.807) is 12.1 Å². The number of ether oxygens (including phenoxy) is 1. The van der Waals surface area contributed by atoms with Crippen LogP contribution in [-0.4, -0.2) is 39.0 Å². The molecule has 26 heavy (non-hydrogen) atoms. The Morgan fingerprint density at radius 3 is 2.46 bits per heavy atom. The van der Waals surface area contributed by atoms with Gasteiger partial charge in [0.05, 0.1) is 6.26 Å². The Bertz CT molecular complexity index is 782. The Labute approximate surface area is 161 Å². The van der Waals surface area contributed by atoms with Gasteiger partial charge in [0.2, 0.25) is 10.0 Å². The highest BCUT2D eigenvalue weighted by Gasteiger charge is 2.06. The van der Waals surface area contributed by atoms with Crippen LogP contribution in [0.1, 0.15) is 11.1 Å². The molecule has 0 saturated carbocycles. The van der Waals surface area contributed by atoms with Crippen molar-refractivity contribution in [3.8, 4) is 5.75 Å². The van der Waals surface area contributed by atoms with Gasteiger partial charge < -0.3 is 15.2 Å². The van der Waals surface area contributed by atoms with E-state index in [0.29, 0.717) is 18.8 Å². The number of sulfonamides is 1. The molecule has 2 aromatic carbocycles. The second-order valence-corrected chi connectivity index (χ2v) is 7.73. The van der Waals surface area contributed by atoms with Gasteiger partial charge >= 0.3 is 0 Å². The van der Waals surface area contributed by atoms with Gasteiger partial charge in [-0.15, -0.1) is 12.4 Å². The molecule has 144 valence electrons. The molecule has 6 nitrogen and oxygen atoms in total. The predicted octanol–water partition coefficient (Wildman–Crippen LogP) is 2.32. The van der Waals surface area contributed by atoms with Crippen molar-refractivity contribution >= 4 is 28.1 Å². The molecule has 3 N–H and O–H groups in total. The molecule has 2 aromatic rings. The van der Waals surface area contributed by atoms with Gasteiger partial charge in [0.25, 0.3) is 0 Å². The standard InChI is InChI=1S/C18H24N2O4S.ClH/c1-14-4-3-5-18(10-14)24-13-17(21)12-19-11-15-6-8-16(9-7-15)20-25(2,22)23;/h3-10,17,19-21H,11-13H2,1-2H3;1H. The van der Waals surface area contributed by atoms with E-state index in [9.17, 15) is 13.5 Å². The quantitative estimate of drug-likeness (QED) is 0.601. The van der Waals surface area contributed by atoms with Gasteiger partial charge in [-0.1, -0.05) is 24.3 Å². The van der Waals surface area contributed by atoms with Crippen LogP contribution in [-0.2, 0) is 16.6 Å². The highest BCUT2D eigenvalue weighted by Crippen LogP contribution is 2.13. The monoisotopic (exact) mass is 400 g/mol. The van der Waals surface area contributed by atoms with E-state index >= 15 is 0 Å². The van der Waals surface area contributed by atoms with E-state index in [2.05, 4.69) is 10.0 Å². The lowest BCUT2D eigenvalue weighted by Gasteiger charge is -2.14. The lowest BCUT2D eigenvalue weighted by Crippen LogP contribution is -2.31. The topological polar surface area (TPSA) is 87.7 Å². The first kappa shape index (κ1) is 22.2.